The van der Waals surface area contributed by atoms with Gasteiger partial charge in [0.1, 0.15) is 0 Å². The molecule has 4 rings (SSSR count). The van der Waals surface area contributed by atoms with Gasteiger partial charge in [0.15, 0.2) is 5.78 Å². The summed E-state index contributed by atoms with van der Waals surface area (Å²) in [6.07, 6.45) is 8.73. The molecular weight excluding hydrogens is 272 g/mol. The van der Waals surface area contributed by atoms with Gasteiger partial charge in [0.05, 0.1) is 6.10 Å². The van der Waals surface area contributed by atoms with Gasteiger partial charge in [-0.1, -0.05) is 19.4 Å². The number of hydrogen-bond acceptors (Lipinski definition) is 2. The third-order valence-electron chi connectivity index (χ3n) is 8.36. The second-order valence-corrected chi connectivity index (χ2v) is 9.00. The highest BCUT2D eigenvalue weighted by atomic mass is 16.3. The van der Waals surface area contributed by atoms with Crippen LogP contribution in [0.25, 0.3) is 0 Å². The highest BCUT2D eigenvalue weighted by Gasteiger charge is 2.59. The maximum absolute atomic E-state index is 12.1. The van der Waals surface area contributed by atoms with Gasteiger partial charge in [-0.15, -0.1) is 0 Å². The van der Waals surface area contributed by atoms with Crippen LogP contribution in [0.1, 0.15) is 72.1 Å². The zero-order valence-corrected chi connectivity index (χ0v) is 14.3. The predicted octanol–water partition coefficient (Wildman–Crippen LogP) is 4.27. The largest absolute Gasteiger partial charge is 0.393 e. The number of aliphatic hydroxyl groups is 1. The molecule has 4 aliphatic carbocycles. The van der Waals surface area contributed by atoms with E-state index < -0.39 is 0 Å². The van der Waals surface area contributed by atoms with Gasteiger partial charge in [-0.25, -0.2) is 0 Å². The van der Waals surface area contributed by atoms with E-state index >= 15 is 0 Å². The second kappa shape index (κ2) is 4.69. The smallest absolute Gasteiger partial charge is 0.158 e. The van der Waals surface area contributed by atoms with E-state index in [0.29, 0.717) is 11.7 Å². The van der Waals surface area contributed by atoms with E-state index in [0.717, 1.165) is 43.1 Å². The lowest BCUT2D eigenvalue weighted by atomic mass is 9.47. The SMILES string of the molecule is CC1=C2CCC3C4CCC(O)[C@@]4(C)CCC3[C@@]2(C)CCC1=O. The van der Waals surface area contributed by atoms with Crippen molar-refractivity contribution in [2.75, 3.05) is 0 Å². The molecule has 6 atom stereocenters. The summed E-state index contributed by atoms with van der Waals surface area (Å²) < 4.78 is 0. The van der Waals surface area contributed by atoms with Crippen molar-refractivity contribution in [1.29, 1.82) is 0 Å². The average molecular weight is 302 g/mol. The summed E-state index contributed by atoms with van der Waals surface area (Å²) in [5.41, 5.74) is 3.01. The average Bonchev–Trinajstić information content (AvgIpc) is 2.79. The Balaban J connectivity index is 1.72. The number of aliphatic hydroxyl groups excluding tert-OH is 1. The molecule has 3 saturated carbocycles. The molecule has 1 N–H and O–H groups in total. The number of allylic oxidation sites excluding steroid dienone is 1. The van der Waals surface area contributed by atoms with E-state index in [1.54, 1.807) is 0 Å². The molecule has 3 fully saturated rings. The third kappa shape index (κ3) is 1.74. The van der Waals surface area contributed by atoms with Crippen molar-refractivity contribution in [3.63, 3.8) is 0 Å². The molecule has 0 amide bonds. The first kappa shape index (κ1) is 14.9. The van der Waals surface area contributed by atoms with Crippen LogP contribution < -0.4 is 0 Å². The molecule has 0 aromatic heterocycles. The number of hydrogen-bond donors (Lipinski definition) is 1. The summed E-state index contributed by atoms with van der Waals surface area (Å²) >= 11 is 0. The Morgan fingerprint density at radius 1 is 1.00 bits per heavy atom. The van der Waals surface area contributed by atoms with Crippen LogP contribution in [0.3, 0.4) is 0 Å². The summed E-state index contributed by atoms with van der Waals surface area (Å²) in [4.78, 5) is 12.1. The van der Waals surface area contributed by atoms with E-state index in [1.165, 1.54) is 31.3 Å². The van der Waals surface area contributed by atoms with Crippen LogP contribution in [-0.4, -0.2) is 17.0 Å². The molecule has 4 unspecified atom stereocenters. The van der Waals surface area contributed by atoms with Crippen LogP contribution in [0.15, 0.2) is 11.1 Å². The molecule has 22 heavy (non-hydrogen) atoms. The second-order valence-electron chi connectivity index (χ2n) is 9.00. The van der Waals surface area contributed by atoms with Gasteiger partial charge in [-0.05, 0) is 86.0 Å². The quantitative estimate of drug-likeness (QED) is 0.725. The van der Waals surface area contributed by atoms with Crippen molar-refractivity contribution < 1.29 is 9.90 Å². The van der Waals surface area contributed by atoms with Crippen LogP contribution in [0.4, 0.5) is 0 Å². The lowest BCUT2D eigenvalue weighted by molar-refractivity contribution is -0.119. The van der Waals surface area contributed by atoms with Crippen LogP contribution in [0.5, 0.6) is 0 Å². The van der Waals surface area contributed by atoms with E-state index in [9.17, 15) is 9.90 Å². The number of carbonyl (C=O) groups excluding carboxylic acids is 1. The van der Waals surface area contributed by atoms with Gasteiger partial charge in [0.2, 0.25) is 0 Å². The number of fused-ring (bicyclic) bond motifs is 5. The number of Topliss-reactive ketones (excluding diaryl/α,β-unsaturated/α-hetero) is 1. The van der Waals surface area contributed by atoms with Crippen molar-refractivity contribution in [2.45, 2.75) is 78.2 Å². The molecule has 0 aliphatic heterocycles. The van der Waals surface area contributed by atoms with Gasteiger partial charge >= 0.3 is 0 Å². The third-order valence-corrected chi connectivity index (χ3v) is 8.36. The van der Waals surface area contributed by atoms with Crippen molar-refractivity contribution in [2.24, 2.45) is 28.6 Å². The zero-order chi connectivity index (χ0) is 15.7. The molecule has 4 aliphatic rings. The molecule has 0 radical (unpaired) electrons. The lowest BCUT2D eigenvalue weighted by Crippen LogP contribution is -2.51. The minimum Gasteiger partial charge on any atom is -0.393 e. The molecule has 2 heteroatoms. The van der Waals surface area contributed by atoms with Crippen molar-refractivity contribution in [3.8, 4) is 0 Å². The molecule has 2 nitrogen and oxygen atoms in total. The standard InChI is InChI=1S/C20H30O2/c1-12-14-5-4-13-15-6-7-18(22)20(15,3)10-8-16(13)19(14,2)11-9-17(12)21/h13,15-16,18,22H,4-11H2,1-3H3/t13?,15?,16?,18?,19-,20-/m0/s1. The van der Waals surface area contributed by atoms with Crippen molar-refractivity contribution >= 4 is 5.78 Å². The van der Waals surface area contributed by atoms with Crippen molar-refractivity contribution in [1.82, 2.24) is 0 Å². The van der Waals surface area contributed by atoms with E-state index in [2.05, 4.69) is 20.8 Å². The number of ketones is 1. The summed E-state index contributed by atoms with van der Waals surface area (Å²) in [5.74, 6) is 2.61. The van der Waals surface area contributed by atoms with E-state index in [4.69, 9.17) is 0 Å². The first-order chi connectivity index (χ1) is 10.4. The molecule has 122 valence electrons. The summed E-state index contributed by atoms with van der Waals surface area (Å²) in [5, 5.41) is 10.5. The molecule has 0 bridgehead atoms. The summed E-state index contributed by atoms with van der Waals surface area (Å²) in [7, 11) is 0. The van der Waals surface area contributed by atoms with Crippen LogP contribution in [-0.2, 0) is 4.79 Å². The monoisotopic (exact) mass is 302 g/mol. The van der Waals surface area contributed by atoms with Gasteiger partial charge in [0, 0.05) is 6.42 Å². The maximum atomic E-state index is 12.1. The molecule has 0 aromatic rings. The normalized spacial score (nSPS) is 51.4. The number of carbonyl (C=O) groups is 1. The van der Waals surface area contributed by atoms with Gasteiger partial charge in [0.25, 0.3) is 0 Å². The first-order valence-corrected chi connectivity index (χ1v) is 9.29. The maximum Gasteiger partial charge on any atom is 0.158 e. The van der Waals surface area contributed by atoms with Gasteiger partial charge < -0.3 is 5.11 Å². The zero-order valence-electron chi connectivity index (χ0n) is 14.3. The Hall–Kier alpha value is -0.630. The minimum atomic E-state index is -0.0853. The van der Waals surface area contributed by atoms with E-state index in [1.807, 2.05) is 0 Å². The fourth-order valence-electron chi connectivity index (χ4n) is 6.96. The molecule has 0 saturated heterocycles. The Bertz CT molecular complexity index is 548. The fourth-order valence-corrected chi connectivity index (χ4v) is 6.96. The molecule has 0 heterocycles. The van der Waals surface area contributed by atoms with Crippen molar-refractivity contribution in [3.05, 3.63) is 11.1 Å². The minimum absolute atomic E-state index is 0.0853. The lowest BCUT2D eigenvalue weighted by Gasteiger charge is -2.58. The highest BCUT2D eigenvalue weighted by molar-refractivity contribution is 5.96. The summed E-state index contributed by atoms with van der Waals surface area (Å²) in [6.45, 7) is 6.86. The first-order valence-electron chi connectivity index (χ1n) is 9.29. The Kier molecular flexibility index (Phi) is 3.18. The van der Waals surface area contributed by atoms with Crippen LogP contribution in [0.2, 0.25) is 0 Å². The van der Waals surface area contributed by atoms with Gasteiger partial charge in [-0.3, -0.25) is 4.79 Å². The van der Waals surface area contributed by atoms with E-state index in [-0.39, 0.29) is 16.9 Å². The van der Waals surface area contributed by atoms with Crippen LogP contribution in [0, 0.1) is 28.6 Å². The number of rotatable bonds is 0. The fraction of sp³-hybridized carbons (Fsp3) is 0.850. The Morgan fingerprint density at radius 2 is 1.77 bits per heavy atom. The molecule has 0 spiro atoms. The highest BCUT2D eigenvalue weighted by Crippen LogP contribution is 2.65. The predicted molar refractivity (Wildman–Crippen MR) is 87.3 cm³/mol. The topological polar surface area (TPSA) is 37.3 Å². The molecular formula is C20H30O2. The van der Waals surface area contributed by atoms with Gasteiger partial charge in [-0.2, -0.15) is 0 Å². The summed E-state index contributed by atoms with van der Waals surface area (Å²) in [6, 6.07) is 0. The Morgan fingerprint density at radius 3 is 2.55 bits per heavy atom. The van der Waals surface area contributed by atoms with Crippen LogP contribution >= 0.6 is 0 Å². The Labute approximate surface area is 134 Å². The molecule has 0 aromatic carbocycles.